The van der Waals surface area contributed by atoms with Crippen LogP contribution in [0.4, 0.5) is 0 Å². The van der Waals surface area contributed by atoms with Crippen LogP contribution in [0.25, 0.3) is 0 Å². The molecule has 8 heavy (non-hydrogen) atoms. The van der Waals surface area contributed by atoms with Crippen molar-refractivity contribution in [3.8, 4) is 0 Å². The van der Waals surface area contributed by atoms with E-state index in [1.807, 2.05) is 0 Å². The minimum Gasteiger partial charge on any atom is -0.344 e. The van der Waals surface area contributed by atoms with Gasteiger partial charge in [-0.15, -0.1) is 50.9 Å². The largest absolute Gasteiger partial charge is 0.344 e. The van der Waals surface area contributed by atoms with Crippen molar-refractivity contribution in [1.29, 1.82) is 0 Å². The van der Waals surface area contributed by atoms with Crippen LogP contribution >= 0.6 is 50.9 Å². The third kappa shape index (κ3) is 52.6. The van der Waals surface area contributed by atoms with Crippen LogP contribution in [0.3, 0.4) is 0 Å². The predicted octanol–water partition coefficient (Wildman–Crippen LogP) is 3.70. The Bertz CT molecular complexity index is 13.2. The molecule has 4 heteroatoms. The van der Waals surface area contributed by atoms with Crippen LogP contribution < -0.4 is 6.15 Å². The maximum Gasteiger partial charge on any atom is -0.0564 e. The maximum absolute atomic E-state index is 2.18. The number of unbranched alkanes of at least 4 members (excludes halogenated alkanes) is 1. The summed E-state index contributed by atoms with van der Waals surface area (Å²) in [5.41, 5.74) is 0. The van der Waals surface area contributed by atoms with E-state index in [-0.39, 0.29) is 57.1 Å². The molecule has 0 radical (unpaired) electrons. The molecule has 0 saturated heterocycles. The van der Waals surface area contributed by atoms with Crippen LogP contribution in [-0.4, -0.2) is 0 Å². The summed E-state index contributed by atoms with van der Waals surface area (Å²) < 4.78 is 0. The Morgan fingerprint density at radius 1 is 0.750 bits per heavy atom. The standard InChI is InChI=1S/C4H10.3BrH.H3N/c1-3-4-2;;;;/h3-4H2,1-2H3;3*1H;1H3. The van der Waals surface area contributed by atoms with Crippen LogP contribution in [0.5, 0.6) is 0 Å². The van der Waals surface area contributed by atoms with E-state index in [0.29, 0.717) is 0 Å². The smallest absolute Gasteiger partial charge is 0.0564 e. The molecule has 0 aliphatic heterocycles. The first-order chi connectivity index (χ1) is 1.91. The zero-order valence-electron chi connectivity index (χ0n) is 5.35. The summed E-state index contributed by atoms with van der Waals surface area (Å²) in [5.74, 6) is 0. The molecular weight excluding hydrogens is 302 g/mol. The fraction of sp³-hybridized carbons (Fsp3) is 1.00. The van der Waals surface area contributed by atoms with Gasteiger partial charge in [0, 0.05) is 0 Å². The van der Waals surface area contributed by atoms with Crippen molar-refractivity contribution in [3.05, 3.63) is 0 Å². The minimum absolute atomic E-state index is 0. The molecule has 0 amide bonds. The van der Waals surface area contributed by atoms with E-state index in [1.165, 1.54) is 12.8 Å². The molecule has 0 spiro atoms. The Morgan fingerprint density at radius 3 is 0.875 bits per heavy atom. The van der Waals surface area contributed by atoms with Crippen molar-refractivity contribution in [3.63, 3.8) is 0 Å². The molecule has 0 atom stereocenters. The number of rotatable bonds is 1. The Labute approximate surface area is 83.5 Å². The monoisotopic (exact) mass is 315 g/mol. The molecule has 0 aromatic rings. The van der Waals surface area contributed by atoms with Gasteiger partial charge in [-0.05, 0) is 0 Å². The molecule has 0 rings (SSSR count). The first-order valence-corrected chi connectivity index (χ1v) is 1.91. The van der Waals surface area contributed by atoms with Gasteiger partial charge in [0.25, 0.3) is 0 Å². The summed E-state index contributed by atoms with van der Waals surface area (Å²) in [5, 5.41) is 0. The first-order valence-electron chi connectivity index (χ1n) is 1.91. The summed E-state index contributed by atoms with van der Waals surface area (Å²) in [7, 11) is 0. The molecular formula is C4H16Br3N. The van der Waals surface area contributed by atoms with E-state index in [2.05, 4.69) is 13.8 Å². The van der Waals surface area contributed by atoms with Crippen LogP contribution in [0.1, 0.15) is 26.7 Å². The van der Waals surface area contributed by atoms with Gasteiger partial charge in [-0.3, -0.25) is 0 Å². The van der Waals surface area contributed by atoms with Gasteiger partial charge in [0.1, 0.15) is 0 Å². The molecule has 0 aliphatic carbocycles. The number of halogens is 3. The molecule has 1 nitrogen and oxygen atoms in total. The summed E-state index contributed by atoms with van der Waals surface area (Å²) in [6, 6.07) is 0. The molecule has 0 aliphatic rings. The van der Waals surface area contributed by atoms with Crippen LogP contribution in [0, 0.1) is 0 Å². The minimum atomic E-state index is 0. The summed E-state index contributed by atoms with van der Waals surface area (Å²) in [6.07, 6.45) is 2.64. The lowest BCUT2D eigenvalue weighted by Gasteiger charge is -1.68. The number of hydrogen-bond acceptors (Lipinski definition) is 1. The molecule has 0 bridgehead atoms. The lowest BCUT2D eigenvalue weighted by atomic mass is 10.4. The van der Waals surface area contributed by atoms with E-state index in [0.717, 1.165) is 0 Å². The van der Waals surface area contributed by atoms with Crippen molar-refractivity contribution >= 4 is 50.9 Å². The summed E-state index contributed by atoms with van der Waals surface area (Å²) in [6.45, 7) is 4.36. The SMILES string of the molecule is Br.Br.Br.CCCC.N. The van der Waals surface area contributed by atoms with E-state index in [9.17, 15) is 0 Å². The van der Waals surface area contributed by atoms with Gasteiger partial charge in [0.05, 0.1) is 0 Å². The molecule has 0 fully saturated rings. The highest BCUT2D eigenvalue weighted by Gasteiger charge is 1.56. The Kier molecular flexibility index (Phi) is 170. The second kappa shape index (κ2) is 39.8. The van der Waals surface area contributed by atoms with Crippen molar-refractivity contribution in [2.75, 3.05) is 0 Å². The lowest BCUT2D eigenvalue weighted by Crippen LogP contribution is -1.47. The second-order valence-corrected chi connectivity index (χ2v) is 1.000. The fourth-order valence-corrected chi connectivity index (χ4v) is 0. The highest BCUT2D eigenvalue weighted by molar-refractivity contribution is 8.93. The van der Waals surface area contributed by atoms with E-state index < -0.39 is 0 Å². The van der Waals surface area contributed by atoms with Gasteiger partial charge >= 0.3 is 0 Å². The topological polar surface area (TPSA) is 35.0 Å². The van der Waals surface area contributed by atoms with Gasteiger partial charge in [-0.2, -0.15) is 0 Å². The average Bonchev–Trinajstić information content (AvgIpc) is 1.37. The van der Waals surface area contributed by atoms with E-state index in [1.54, 1.807) is 0 Å². The highest BCUT2D eigenvalue weighted by atomic mass is 79.9. The predicted molar refractivity (Wildman–Crippen MR) is 56.6 cm³/mol. The molecule has 0 aromatic carbocycles. The molecule has 0 heterocycles. The van der Waals surface area contributed by atoms with E-state index in [4.69, 9.17) is 0 Å². The van der Waals surface area contributed by atoms with Crippen molar-refractivity contribution in [2.45, 2.75) is 26.7 Å². The average molecular weight is 318 g/mol. The summed E-state index contributed by atoms with van der Waals surface area (Å²) in [4.78, 5) is 0. The molecule has 0 aromatic heterocycles. The van der Waals surface area contributed by atoms with Crippen LogP contribution in [-0.2, 0) is 0 Å². The van der Waals surface area contributed by atoms with Gasteiger partial charge in [0.15, 0.2) is 0 Å². The molecule has 3 N–H and O–H groups in total. The van der Waals surface area contributed by atoms with Gasteiger partial charge in [-0.25, -0.2) is 0 Å². The molecule has 0 unspecified atom stereocenters. The normalized spacial score (nSPS) is 3.75. The zero-order chi connectivity index (χ0) is 3.41. The van der Waals surface area contributed by atoms with Crippen molar-refractivity contribution in [1.82, 2.24) is 6.15 Å². The third-order valence-electron chi connectivity index (χ3n) is 0.500. The second-order valence-electron chi connectivity index (χ2n) is 1.000. The molecule has 58 valence electrons. The Hall–Kier alpha value is 1.40. The summed E-state index contributed by atoms with van der Waals surface area (Å²) >= 11 is 0. The van der Waals surface area contributed by atoms with Crippen molar-refractivity contribution in [2.24, 2.45) is 0 Å². The van der Waals surface area contributed by atoms with Crippen molar-refractivity contribution < 1.29 is 0 Å². The molecule has 0 saturated carbocycles. The first kappa shape index (κ1) is 34.3. The van der Waals surface area contributed by atoms with Crippen LogP contribution in [0.15, 0.2) is 0 Å². The Morgan fingerprint density at radius 2 is 0.875 bits per heavy atom. The lowest BCUT2D eigenvalue weighted by molar-refractivity contribution is 0.886. The quantitative estimate of drug-likeness (QED) is 0.786. The van der Waals surface area contributed by atoms with Gasteiger partial charge in [0.2, 0.25) is 0 Å². The fourth-order valence-electron chi connectivity index (χ4n) is 0. The Balaban J connectivity index is -0.00000000750. The third-order valence-corrected chi connectivity index (χ3v) is 0.500. The highest BCUT2D eigenvalue weighted by Crippen LogP contribution is 1.76. The van der Waals surface area contributed by atoms with E-state index >= 15 is 0 Å². The van der Waals surface area contributed by atoms with Gasteiger partial charge in [-0.1, -0.05) is 26.7 Å². The van der Waals surface area contributed by atoms with Gasteiger partial charge < -0.3 is 6.15 Å². The van der Waals surface area contributed by atoms with Crippen LogP contribution in [0.2, 0.25) is 0 Å². The zero-order valence-corrected chi connectivity index (χ0v) is 10.5. The number of hydrogen-bond donors (Lipinski definition) is 1. The maximum atomic E-state index is 2.18.